The van der Waals surface area contributed by atoms with E-state index in [1.54, 1.807) is 17.4 Å². The molecule has 1 aliphatic heterocycles. The average molecular weight is 301 g/mol. The number of imidazole rings is 1. The minimum Gasteiger partial charge on any atom is -0.445 e. The highest BCUT2D eigenvalue weighted by Gasteiger charge is 2.35. The first kappa shape index (κ1) is 14.6. The number of hydrogen-bond donors (Lipinski definition) is 1. The highest BCUT2D eigenvalue weighted by Crippen LogP contribution is 2.21. The summed E-state index contributed by atoms with van der Waals surface area (Å²) in [7, 11) is 0. The lowest BCUT2D eigenvalue weighted by Gasteiger charge is -2.24. The maximum Gasteiger partial charge on any atom is 0.410 e. The molecule has 1 aromatic carbocycles. The van der Waals surface area contributed by atoms with Gasteiger partial charge in [0.05, 0.1) is 25.0 Å². The van der Waals surface area contributed by atoms with Crippen molar-refractivity contribution in [2.45, 2.75) is 31.7 Å². The zero-order valence-electron chi connectivity index (χ0n) is 12.2. The van der Waals surface area contributed by atoms with Gasteiger partial charge in [0.1, 0.15) is 6.61 Å². The number of aliphatic hydroxyl groups excluding tert-OH is 1. The van der Waals surface area contributed by atoms with Gasteiger partial charge < -0.3 is 19.3 Å². The van der Waals surface area contributed by atoms with Gasteiger partial charge in [0, 0.05) is 18.9 Å². The van der Waals surface area contributed by atoms with Crippen molar-refractivity contribution in [1.29, 1.82) is 0 Å². The maximum absolute atomic E-state index is 12.3. The molecule has 6 heteroatoms. The van der Waals surface area contributed by atoms with Crippen LogP contribution in [-0.2, 0) is 17.9 Å². The number of ether oxygens (including phenoxy) is 1. The van der Waals surface area contributed by atoms with Crippen LogP contribution >= 0.6 is 0 Å². The van der Waals surface area contributed by atoms with Crippen molar-refractivity contribution in [3.63, 3.8) is 0 Å². The Hall–Kier alpha value is -2.34. The van der Waals surface area contributed by atoms with Crippen LogP contribution in [-0.4, -0.2) is 44.3 Å². The predicted molar refractivity (Wildman–Crippen MR) is 80.0 cm³/mol. The van der Waals surface area contributed by atoms with Gasteiger partial charge in [0.2, 0.25) is 0 Å². The summed E-state index contributed by atoms with van der Waals surface area (Å²) in [5.41, 5.74) is 0.946. The lowest BCUT2D eigenvalue weighted by atomic mass is 10.2. The first-order chi connectivity index (χ1) is 10.7. The molecule has 22 heavy (non-hydrogen) atoms. The number of aliphatic hydroxyl groups is 1. The fourth-order valence-corrected chi connectivity index (χ4v) is 2.73. The van der Waals surface area contributed by atoms with E-state index in [0.717, 1.165) is 5.56 Å². The number of nitrogens with zero attached hydrogens (tertiary/aromatic N) is 3. The molecule has 3 rings (SSSR count). The van der Waals surface area contributed by atoms with Gasteiger partial charge in [-0.2, -0.15) is 0 Å². The number of β-amino-alcohol motifs (C(OH)–C–C–N with tert-alkyl or cyclic N) is 1. The Balaban J connectivity index is 1.59. The molecule has 0 bridgehead atoms. The van der Waals surface area contributed by atoms with Crippen LogP contribution in [0, 0.1) is 0 Å². The summed E-state index contributed by atoms with van der Waals surface area (Å²) in [6.45, 7) is 1.16. The Kier molecular flexibility index (Phi) is 4.39. The molecule has 0 radical (unpaired) electrons. The number of likely N-dealkylation sites (tertiary alicyclic amines) is 1. The Labute approximate surface area is 129 Å². The van der Waals surface area contributed by atoms with Crippen LogP contribution < -0.4 is 0 Å². The molecule has 0 aliphatic carbocycles. The van der Waals surface area contributed by atoms with Crippen molar-refractivity contribution in [3.8, 4) is 0 Å². The highest BCUT2D eigenvalue weighted by atomic mass is 16.6. The van der Waals surface area contributed by atoms with E-state index < -0.39 is 6.10 Å². The second-order valence-corrected chi connectivity index (χ2v) is 5.50. The van der Waals surface area contributed by atoms with Gasteiger partial charge in [-0.25, -0.2) is 9.78 Å². The summed E-state index contributed by atoms with van der Waals surface area (Å²) in [6, 6.07) is 9.48. The van der Waals surface area contributed by atoms with E-state index in [2.05, 4.69) is 4.98 Å². The Morgan fingerprint density at radius 1 is 1.36 bits per heavy atom. The third-order valence-corrected chi connectivity index (χ3v) is 3.81. The Morgan fingerprint density at radius 3 is 2.91 bits per heavy atom. The maximum atomic E-state index is 12.3. The van der Waals surface area contributed by atoms with Crippen molar-refractivity contribution < 1.29 is 14.6 Å². The number of rotatable bonds is 4. The van der Waals surface area contributed by atoms with Gasteiger partial charge in [-0.15, -0.1) is 0 Å². The molecule has 2 atom stereocenters. The minimum atomic E-state index is -0.502. The molecule has 0 spiro atoms. The van der Waals surface area contributed by atoms with Crippen molar-refractivity contribution in [2.75, 3.05) is 6.54 Å². The summed E-state index contributed by atoms with van der Waals surface area (Å²) < 4.78 is 7.26. The zero-order valence-corrected chi connectivity index (χ0v) is 12.2. The van der Waals surface area contributed by atoms with E-state index in [1.165, 1.54) is 0 Å². The largest absolute Gasteiger partial charge is 0.445 e. The van der Waals surface area contributed by atoms with E-state index in [-0.39, 0.29) is 18.7 Å². The second-order valence-electron chi connectivity index (χ2n) is 5.50. The monoisotopic (exact) mass is 301 g/mol. The molecule has 1 N–H and O–H groups in total. The van der Waals surface area contributed by atoms with Gasteiger partial charge in [-0.1, -0.05) is 30.3 Å². The van der Waals surface area contributed by atoms with Crippen LogP contribution in [0.15, 0.2) is 49.1 Å². The Morgan fingerprint density at radius 2 is 2.18 bits per heavy atom. The standard InChI is InChI=1S/C16H19N3O3/c20-15-8-14(9-18-7-6-17-12-18)19(10-15)16(21)22-11-13-4-2-1-3-5-13/h1-7,12,14-15,20H,8-11H2. The molecule has 1 amide bonds. The molecule has 116 valence electrons. The van der Waals surface area contributed by atoms with Crippen molar-refractivity contribution in [3.05, 3.63) is 54.6 Å². The van der Waals surface area contributed by atoms with Crippen molar-refractivity contribution in [2.24, 2.45) is 0 Å². The van der Waals surface area contributed by atoms with E-state index in [1.807, 2.05) is 41.1 Å². The van der Waals surface area contributed by atoms with Crippen LogP contribution in [0.1, 0.15) is 12.0 Å². The number of carbonyl (C=O) groups is 1. The van der Waals surface area contributed by atoms with Gasteiger partial charge in [0.15, 0.2) is 0 Å². The van der Waals surface area contributed by atoms with Crippen LogP contribution in [0.25, 0.3) is 0 Å². The molecule has 1 saturated heterocycles. The van der Waals surface area contributed by atoms with Crippen molar-refractivity contribution in [1.82, 2.24) is 14.5 Å². The first-order valence-corrected chi connectivity index (χ1v) is 7.33. The average Bonchev–Trinajstić information content (AvgIpc) is 3.16. The molecule has 1 fully saturated rings. The molecular formula is C16H19N3O3. The summed E-state index contributed by atoms with van der Waals surface area (Å²) >= 11 is 0. The molecule has 1 aliphatic rings. The van der Waals surface area contributed by atoms with E-state index in [0.29, 0.717) is 19.5 Å². The molecule has 6 nitrogen and oxygen atoms in total. The zero-order chi connectivity index (χ0) is 15.4. The third kappa shape index (κ3) is 3.46. The van der Waals surface area contributed by atoms with E-state index in [4.69, 9.17) is 4.74 Å². The predicted octanol–water partition coefficient (Wildman–Crippen LogP) is 1.66. The van der Waals surface area contributed by atoms with Gasteiger partial charge in [0.25, 0.3) is 0 Å². The van der Waals surface area contributed by atoms with E-state index in [9.17, 15) is 9.90 Å². The Bertz CT molecular complexity index is 600. The van der Waals surface area contributed by atoms with Crippen LogP contribution in [0.5, 0.6) is 0 Å². The molecule has 2 heterocycles. The second kappa shape index (κ2) is 6.62. The van der Waals surface area contributed by atoms with Crippen LogP contribution in [0.2, 0.25) is 0 Å². The fraction of sp³-hybridized carbons (Fsp3) is 0.375. The molecule has 2 aromatic rings. The smallest absolute Gasteiger partial charge is 0.410 e. The molecule has 1 aromatic heterocycles. The SMILES string of the molecule is O=C(OCc1ccccc1)N1CC(O)CC1Cn1ccnc1. The van der Waals surface area contributed by atoms with Crippen LogP contribution in [0.4, 0.5) is 4.79 Å². The number of benzene rings is 1. The normalized spacial score (nSPS) is 21.0. The van der Waals surface area contributed by atoms with Gasteiger partial charge in [-0.05, 0) is 12.0 Å². The van der Waals surface area contributed by atoms with Crippen molar-refractivity contribution >= 4 is 6.09 Å². The number of hydrogen-bond acceptors (Lipinski definition) is 4. The molecule has 2 unspecified atom stereocenters. The lowest BCUT2D eigenvalue weighted by molar-refractivity contribution is 0.0855. The number of carbonyl (C=O) groups excluding carboxylic acids is 1. The molecular weight excluding hydrogens is 282 g/mol. The highest BCUT2D eigenvalue weighted by molar-refractivity contribution is 5.68. The lowest BCUT2D eigenvalue weighted by Crippen LogP contribution is -2.38. The summed E-state index contributed by atoms with van der Waals surface area (Å²) in [4.78, 5) is 17.9. The topological polar surface area (TPSA) is 67.6 Å². The minimum absolute atomic E-state index is 0.0764. The summed E-state index contributed by atoms with van der Waals surface area (Å²) in [5.74, 6) is 0. The molecule has 0 saturated carbocycles. The fourth-order valence-electron chi connectivity index (χ4n) is 2.73. The third-order valence-electron chi connectivity index (χ3n) is 3.81. The number of amides is 1. The quantitative estimate of drug-likeness (QED) is 0.932. The number of aromatic nitrogens is 2. The summed E-state index contributed by atoms with van der Waals surface area (Å²) in [6.07, 6.45) is 4.92. The summed E-state index contributed by atoms with van der Waals surface area (Å²) in [5, 5.41) is 9.86. The van der Waals surface area contributed by atoms with E-state index >= 15 is 0 Å². The van der Waals surface area contributed by atoms with Gasteiger partial charge in [-0.3, -0.25) is 0 Å². The first-order valence-electron chi connectivity index (χ1n) is 7.33. The van der Waals surface area contributed by atoms with Crippen LogP contribution in [0.3, 0.4) is 0 Å². The van der Waals surface area contributed by atoms with Gasteiger partial charge >= 0.3 is 6.09 Å².